The van der Waals surface area contributed by atoms with E-state index in [2.05, 4.69) is 15.9 Å². The SMILES string of the molecule is COc1ccc(Br)cc1CN(C)C(=O)CC(C)=O. The average Bonchev–Trinajstić information content (AvgIpc) is 2.28. The van der Waals surface area contributed by atoms with Gasteiger partial charge in [-0.05, 0) is 25.1 Å². The van der Waals surface area contributed by atoms with Gasteiger partial charge in [-0.1, -0.05) is 15.9 Å². The second kappa shape index (κ2) is 6.54. The van der Waals surface area contributed by atoms with E-state index in [0.29, 0.717) is 6.54 Å². The van der Waals surface area contributed by atoms with Crippen molar-refractivity contribution in [1.82, 2.24) is 4.90 Å². The Hall–Kier alpha value is -1.36. The predicted octanol–water partition coefficient (Wildman–Crippen LogP) is 2.40. The van der Waals surface area contributed by atoms with E-state index in [1.165, 1.54) is 11.8 Å². The molecule has 0 saturated heterocycles. The molecule has 0 aliphatic heterocycles. The van der Waals surface area contributed by atoms with Crippen LogP contribution in [-0.2, 0) is 16.1 Å². The molecule has 0 heterocycles. The van der Waals surface area contributed by atoms with Crippen molar-refractivity contribution in [2.24, 2.45) is 0 Å². The molecule has 1 rings (SSSR count). The van der Waals surface area contributed by atoms with Crippen molar-refractivity contribution in [2.75, 3.05) is 14.2 Å². The molecule has 0 aliphatic carbocycles. The van der Waals surface area contributed by atoms with Crippen LogP contribution in [0.1, 0.15) is 18.9 Å². The highest BCUT2D eigenvalue weighted by Crippen LogP contribution is 2.24. The summed E-state index contributed by atoms with van der Waals surface area (Å²) in [5, 5.41) is 0. The Morgan fingerprint density at radius 1 is 1.39 bits per heavy atom. The van der Waals surface area contributed by atoms with Crippen molar-refractivity contribution in [1.29, 1.82) is 0 Å². The fourth-order valence-corrected chi connectivity index (χ4v) is 1.97. The summed E-state index contributed by atoms with van der Waals surface area (Å²) in [5.74, 6) is 0.401. The average molecular weight is 314 g/mol. The number of halogens is 1. The molecule has 0 bridgehead atoms. The molecular weight excluding hydrogens is 298 g/mol. The van der Waals surface area contributed by atoms with Crippen LogP contribution in [0.25, 0.3) is 0 Å². The summed E-state index contributed by atoms with van der Waals surface area (Å²) in [5.41, 5.74) is 0.895. The van der Waals surface area contributed by atoms with Crippen LogP contribution in [0.3, 0.4) is 0 Å². The zero-order chi connectivity index (χ0) is 13.7. The van der Waals surface area contributed by atoms with Gasteiger partial charge < -0.3 is 9.64 Å². The fourth-order valence-electron chi connectivity index (χ4n) is 1.56. The molecule has 1 aromatic rings. The molecule has 5 heteroatoms. The summed E-state index contributed by atoms with van der Waals surface area (Å²) >= 11 is 3.38. The molecule has 1 amide bonds. The minimum Gasteiger partial charge on any atom is -0.496 e. The number of methoxy groups -OCH3 is 1. The van der Waals surface area contributed by atoms with Crippen LogP contribution in [0.4, 0.5) is 0 Å². The Bertz CT molecular complexity index is 460. The minimum absolute atomic E-state index is 0.0627. The lowest BCUT2D eigenvalue weighted by atomic mass is 10.2. The van der Waals surface area contributed by atoms with Crippen molar-refractivity contribution < 1.29 is 14.3 Å². The third kappa shape index (κ3) is 4.14. The van der Waals surface area contributed by atoms with Gasteiger partial charge in [-0.15, -0.1) is 0 Å². The number of carbonyl (C=O) groups excluding carboxylic acids is 2. The number of rotatable bonds is 5. The topological polar surface area (TPSA) is 46.6 Å². The number of nitrogens with zero attached hydrogens (tertiary/aromatic N) is 1. The molecule has 0 aromatic heterocycles. The monoisotopic (exact) mass is 313 g/mol. The number of ether oxygens (including phenoxy) is 1. The summed E-state index contributed by atoms with van der Waals surface area (Å²) in [6, 6.07) is 5.61. The van der Waals surface area contributed by atoms with E-state index in [0.717, 1.165) is 15.8 Å². The third-order valence-corrected chi connectivity index (χ3v) is 2.97. The number of hydrogen-bond acceptors (Lipinski definition) is 3. The van der Waals surface area contributed by atoms with Crippen LogP contribution in [0, 0.1) is 0 Å². The highest BCUT2D eigenvalue weighted by Gasteiger charge is 2.13. The van der Waals surface area contributed by atoms with Crippen LogP contribution in [0.15, 0.2) is 22.7 Å². The lowest BCUT2D eigenvalue weighted by Crippen LogP contribution is -2.27. The zero-order valence-electron chi connectivity index (χ0n) is 10.7. The Kier molecular flexibility index (Phi) is 5.34. The summed E-state index contributed by atoms with van der Waals surface area (Å²) in [4.78, 5) is 24.1. The van der Waals surface area contributed by atoms with E-state index in [9.17, 15) is 9.59 Å². The van der Waals surface area contributed by atoms with Gasteiger partial charge in [0.05, 0.1) is 13.5 Å². The van der Waals surface area contributed by atoms with E-state index < -0.39 is 0 Å². The molecule has 0 N–H and O–H groups in total. The van der Waals surface area contributed by atoms with Gasteiger partial charge in [-0.25, -0.2) is 0 Å². The van der Waals surface area contributed by atoms with E-state index >= 15 is 0 Å². The molecule has 18 heavy (non-hydrogen) atoms. The lowest BCUT2D eigenvalue weighted by molar-refractivity contribution is -0.134. The smallest absolute Gasteiger partial charge is 0.230 e. The molecule has 0 atom stereocenters. The van der Waals surface area contributed by atoms with Crippen molar-refractivity contribution in [3.05, 3.63) is 28.2 Å². The maximum atomic E-state index is 11.7. The molecule has 4 nitrogen and oxygen atoms in total. The van der Waals surface area contributed by atoms with Crippen LogP contribution < -0.4 is 4.74 Å². The Labute approximate surface area is 115 Å². The van der Waals surface area contributed by atoms with E-state index in [1.54, 1.807) is 14.2 Å². The molecule has 0 fully saturated rings. The number of carbonyl (C=O) groups is 2. The third-order valence-electron chi connectivity index (χ3n) is 2.48. The number of Topliss-reactive ketones (excluding diaryl/α,β-unsaturated/α-hetero) is 1. The molecule has 0 radical (unpaired) electrons. The first-order valence-electron chi connectivity index (χ1n) is 5.50. The summed E-state index contributed by atoms with van der Waals surface area (Å²) in [6.45, 7) is 1.82. The molecule has 0 saturated carbocycles. The van der Waals surface area contributed by atoms with Gasteiger partial charge >= 0.3 is 0 Å². The van der Waals surface area contributed by atoms with Gasteiger partial charge in [0.15, 0.2) is 0 Å². The largest absolute Gasteiger partial charge is 0.496 e. The first-order chi connectivity index (χ1) is 8.43. The van der Waals surface area contributed by atoms with Gasteiger partial charge in [-0.3, -0.25) is 9.59 Å². The lowest BCUT2D eigenvalue weighted by Gasteiger charge is -2.18. The van der Waals surface area contributed by atoms with Crippen molar-refractivity contribution >= 4 is 27.6 Å². The van der Waals surface area contributed by atoms with Crippen molar-refractivity contribution in [3.63, 3.8) is 0 Å². The van der Waals surface area contributed by atoms with Crippen molar-refractivity contribution in [3.8, 4) is 5.75 Å². The second-order valence-electron chi connectivity index (χ2n) is 4.08. The second-order valence-corrected chi connectivity index (χ2v) is 5.00. The Balaban J connectivity index is 2.80. The normalized spacial score (nSPS) is 10.0. The zero-order valence-corrected chi connectivity index (χ0v) is 12.3. The Morgan fingerprint density at radius 2 is 2.06 bits per heavy atom. The van der Waals surface area contributed by atoms with Crippen LogP contribution in [0.5, 0.6) is 5.75 Å². The van der Waals surface area contributed by atoms with E-state index in [-0.39, 0.29) is 18.1 Å². The first-order valence-corrected chi connectivity index (χ1v) is 6.29. The fraction of sp³-hybridized carbons (Fsp3) is 0.385. The Morgan fingerprint density at radius 3 is 2.61 bits per heavy atom. The van der Waals surface area contributed by atoms with Crippen LogP contribution in [-0.4, -0.2) is 30.7 Å². The quantitative estimate of drug-likeness (QED) is 0.784. The van der Waals surface area contributed by atoms with Crippen LogP contribution >= 0.6 is 15.9 Å². The maximum Gasteiger partial charge on any atom is 0.230 e. The minimum atomic E-state index is -0.190. The molecule has 0 unspecified atom stereocenters. The van der Waals surface area contributed by atoms with Gasteiger partial charge in [0.2, 0.25) is 5.91 Å². The summed E-state index contributed by atoms with van der Waals surface area (Å²) < 4.78 is 6.16. The molecular formula is C13H16BrNO3. The van der Waals surface area contributed by atoms with Crippen LogP contribution in [0.2, 0.25) is 0 Å². The summed E-state index contributed by atoms with van der Waals surface area (Å²) in [7, 11) is 3.26. The molecule has 0 aliphatic rings. The molecule has 1 aromatic carbocycles. The van der Waals surface area contributed by atoms with Gasteiger partial charge in [0.25, 0.3) is 0 Å². The highest BCUT2D eigenvalue weighted by molar-refractivity contribution is 9.10. The first kappa shape index (κ1) is 14.7. The summed E-state index contributed by atoms with van der Waals surface area (Å²) in [6.07, 6.45) is -0.0627. The van der Waals surface area contributed by atoms with Crippen molar-refractivity contribution in [2.45, 2.75) is 19.9 Å². The van der Waals surface area contributed by atoms with E-state index in [1.807, 2.05) is 18.2 Å². The molecule has 0 spiro atoms. The number of ketones is 1. The molecule has 98 valence electrons. The highest BCUT2D eigenvalue weighted by atomic mass is 79.9. The van der Waals surface area contributed by atoms with Gasteiger partial charge in [-0.2, -0.15) is 0 Å². The predicted molar refractivity (Wildman–Crippen MR) is 72.5 cm³/mol. The number of hydrogen-bond donors (Lipinski definition) is 0. The van der Waals surface area contributed by atoms with E-state index in [4.69, 9.17) is 4.74 Å². The maximum absolute atomic E-state index is 11.7. The number of benzene rings is 1. The van der Waals surface area contributed by atoms with Gasteiger partial charge in [0, 0.05) is 23.6 Å². The number of amides is 1. The standard InChI is InChI=1S/C13H16BrNO3/c1-9(16)6-13(17)15(2)8-10-7-11(14)4-5-12(10)18-3/h4-5,7H,6,8H2,1-3H3. The van der Waals surface area contributed by atoms with Gasteiger partial charge in [0.1, 0.15) is 11.5 Å².